The van der Waals surface area contributed by atoms with Gasteiger partial charge in [0.1, 0.15) is 12.0 Å². The number of halogens is 1. The van der Waals surface area contributed by atoms with Crippen LogP contribution in [0, 0.1) is 5.95 Å². The van der Waals surface area contributed by atoms with Crippen LogP contribution in [-0.2, 0) is 10.8 Å². The summed E-state index contributed by atoms with van der Waals surface area (Å²) in [6.07, 6.45) is 2.92. The molecule has 0 atom stereocenters. The standard InChI is InChI=1S/C25H26FN5/c1-24(2,3)18-10-6-9-17(15-18)19-11-7-13-21(29-19)25(4,5)23-28-16-31(30-23)20-12-8-14-27-22(20)26/h6-16H,1-5H3. The number of rotatable bonds is 4. The molecule has 6 heteroatoms. The third-order valence-corrected chi connectivity index (χ3v) is 5.45. The smallest absolute Gasteiger partial charge is 0.238 e. The molecule has 0 spiro atoms. The zero-order valence-corrected chi connectivity index (χ0v) is 18.5. The van der Waals surface area contributed by atoms with Crippen LogP contribution in [0.1, 0.15) is 51.7 Å². The summed E-state index contributed by atoms with van der Waals surface area (Å²) in [7, 11) is 0. The van der Waals surface area contributed by atoms with E-state index in [4.69, 9.17) is 4.98 Å². The molecule has 31 heavy (non-hydrogen) atoms. The fourth-order valence-electron chi connectivity index (χ4n) is 3.42. The minimum atomic E-state index is -0.587. The Kier molecular flexibility index (Phi) is 5.17. The molecule has 0 aliphatic heterocycles. The number of pyridine rings is 2. The highest BCUT2D eigenvalue weighted by Gasteiger charge is 2.30. The van der Waals surface area contributed by atoms with Crippen molar-refractivity contribution in [1.29, 1.82) is 0 Å². The molecule has 0 fully saturated rings. The zero-order valence-electron chi connectivity index (χ0n) is 18.5. The van der Waals surface area contributed by atoms with Crippen molar-refractivity contribution in [2.45, 2.75) is 45.4 Å². The molecule has 0 N–H and O–H groups in total. The lowest BCUT2D eigenvalue weighted by atomic mass is 9.85. The van der Waals surface area contributed by atoms with E-state index >= 15 is 0 Å². The molecule has 0 amide bonds. The van der Waals surface area contributed by atoms with Crippen LogP contribution in [0.2, 0.25) is 0 Å². The number of hydrogen-bond acceptors (Lipinski definition) is 4. The average molecular weight is 416 g/mol. The summed E-state index contributed by atoms with van der Waals surface area (Å²) in [6, 6.07) is 17.8. The Balaban J connectivity index is 1.70. The van der Waals surface area contributed by atoms with Crippen molar-refractivity contribution in [2.75, 3.05) is 0 Å². The van der Waals surface area contributed by atoms with E-state index in [1.54, 1.807) is 12.1 Å². The van der Waals surface area contributed by atoms with E-state index in [1.807, 2.05) is 32.0 Å². The number of hydrogen-bond donors (Lipinski definition) is 0. The lowest BCUT2D eigenvalue weighted by Gasteiger charge is -2.22. The maximum absolute atomic E-state index is 14.0. The van der Waals surface area contributed by atoms with Gasteiger partial charge < -0.3 is 0 Å². The number of aromatic nitrogens is 5. The van der Waals surface area contributed by atoms with E-state index in [9.17, 15) is 4.39 Å². The predicted molar refractivity (Wildman–Crippen MR) is 120 cm³/mol. The summed E-state index contributed by atoms with van der Waals surface area (Å²) in [5.74, 6) is -0.0283. The summed E-state index contributed by atoms with van der Waals surface area (Å²) >= 11 is 0. The lowest BCUT2D eigenvalue weighted by Crippen LogP contribution is -2.23. The van der Waals surface area contributed by atoms with E-state index in [-0.39, 0.29) is 11.1 Å². The molecule has 3 aromatic heterocycles. The van der Waals surface area contributed by atoms with Crippen LogP contribution in [0.5, 0.6) is 0 Å². The van der Waals surface area contributed by atoms with Gasteiger partial charge in [0.05, 0.1) is 16.8 Å². The fraction of sp³-hybridized carbons (Fsp3) is 0.280. The molecule has 0 saturated carbocycles. The average Bonchev–Trinajstić information content (AvgIpc) is 3.25. The van der Waals surface area contributed by atoms with Crippen LogP contribution in [0.4, 0.5) is 4.39 Å². The Morgan fingerprint density at radius 3 is 2.39 bits per heavy atom. The SMILES string of the molecule is CC(C)(C)c1cccc(-c2cccc(C(C)(C)c3ncn(-c4cccnc4F)n3)n2)c1. The first-order valence-corrected chi connectivity index (χ1v) is 10.3. The highest BCUT2D eigenvalue weighted by atomic mass is 19.1. The van der Waals surface area contributed by atoms with Crippen LogP contribution >= 0.6 is 0 Å². The van der Waals surface area contributed by atoms with Crippen molar-refractivity contribution in [2.24, 2.45) is 0 Å². The van der Waals surface area contributed by atoms with Crippen molar-refractivity contribution in [1.82, 2.24) is 24.7 Å². The van der Waals surface area contributed by atoms with Gasteiger partial charge in [-0.15, -0.1) is 0 Å². The summed E-state index contributed by atoms with van der Waals surface area (Å²) in [5, 5.41) is 4.52. The molecule has 5 nitrogen and oxygen atoms in total. The second-order valence-electron chi connectivity index (χ2n) is 9.19. The molecule has 1 aromatic carbocycles. The molecular weight excluding hydrogens is 389 g/mol. The Labute approximate surface area is 182 Å². The number of nitrogens with zero attached hydrogens (tertiary/aromatic N) is 5. The Bertz CT molecular complexity index is 1220. The van der Waals surface area contributed by atoms with Gasteiger partial charge in [-0.2, -0.15) is 9.49 Å². The monoisotopic (exact) mass is 415 g/mol. The molecule has 0 aliphatic carbocycles. The maximum Gasteiger partial charge on any atom is 0.238 e. The van der Waals surface area contributed by atoms with Gasteiger partial charge in [-0.3, -0.25) is 4.98 Å². The summed E-state index contributed by atoms with van der Waals surface area (Å²) in [4.78, 5) is 13.1. The van der Waals surface area contributed by atoms with Crippen molar-refractivity contribution < 1.29 is 4.39 Å². The van der Waals surface area contributed by atoms with E-state index in [0.29, 0.717) is 5.82 Å². The van der Waals surface area contributed by atoms with Crippen LogP contribution in [0.15, 0.2) is 67.1 Å². The molecule has 4 aromatic rings. The van der Waals surface area contributed by atoms with E-state index < -0.39 is 11.4 Å². The second kappa shape index (κ2) is 7.69. The zero-order chi connectivity index (χ0) is 22.2. The van der Waals surface area contributed by atoms with Crippen molar-refractivity contribution in [3.8, 4) is 16.9 Å². The maximum atomic E-state index is 14.0. The van der Waals surface area contributed by atoms with Gasteiger partial charge in [0.2, 0.25) is 5.95 Å². The first kappa shape index (κ1) is 20.8. The predicted octanol–water partition coefficient (Wildman–Crippen LogP) is 5.49. The molecule has 158 valence electrons. The minimum Gasteiger partial charge on any atom is -0.252 e. The summed E-state index contributed by atoms with van der Waals surface area (Å²) in [6.45, 7) is 10.6. The van der Waals surface area contributed by atoms with Crippen LogP contribution < -0.4 is 0 Å². The minimum absolute atomic E-state index is 0.0607. The van der Waals surface area contributed by atoms with Gasteiger partial charge in [0, 0.05) is 11.8 Å². The van der Waals surface area contributed by atoms with E-state index in [0.717, 1.165) is 17.0 Å². The lowest BCUT2D eigenvalue weighted by molar-refractivity contribution is 0.553. The van der Waals surface area contributed by atoms with Crippen LogP contribution in [0.3, 0.4) is 0 Å². The van der Waals surface area contributed by atoms with Gasteiger partial charge in [0.25, 0.3) is 0 Å². The van der Waals surface area contributed by atoms with Gasteiger partial charge in [0.15, 0.2) is 5.82 Å². The highest BCUT2D eigenvalue weighted by molar-refractivity contribution is 5.61. The first-order chi connectivity index (χ1) is 14.7. The van der Waals surface area contributed by atoms with Crippen LogP contribution in [0.25, 0.3) is 16.9 Å². The van der Waals surface area contributed by atoms with Crippen molar-refractivity contribution in [3.63, 3.8) is 0 Å². The molecule has 0 unspecified atom stereocenters. The Morgan fingerprint density at radius 2 is 1.65 bits per heavy atom. The van der Waals surface area contributed by atoms with E-state index in [1.165, 1.54) is 22.8 Å². The Morgan fingerprint density at radius 1 is 0.871 bits per heavy atom. The molecule has 0 radical (unpaired) electrons. The third-order valence-electron chi connectivity index (χ3n) is 5.45. The highest BCUT2D eigenvalue weighted by Crippen LogP contribution is 2.31. The third kappa shape index (κ3) is 4.10. The van der Waals surface area contributed by atoms with Gasteiger partial charge in [-0.1, -0.05) is 45.0 Å². The molecule has 3 heterocycles. The van der Waals surface area contributed by atoms with Gasteiger partial charge in [-0.05, 0) is 55.2 Å². The van der Waals surface area contributed by atoms with Gasteiger partial charge in [-0.25, -0.2) is 14.6 Å². The summed E-state index contributed by atoms with van der Waals surface area (Å²) in [5.41, 5.74) is 3.83. The second-order valence-corrected chi connectivity index (χ2v) is 9.19. The van der Waals surface area contributed by atoms with Gasteiger partial charge >= 0.3 is 0 Å². The first-order valence-electron chi connectivity index (χ1n) is 10.3. The van der Waals surface area contributed by atoms with Crippen molar-refractivity contribution >= 4 is 0 Å². The van der Waals surface area contributed by atoms with E-state index in [2.05, 4.69) is 60.1 Å². The normalized spacial score (nSPS) is 12.2. The van der Waals surface area contributed by atoms with Crippen molar-refractivity contribution in [3.05, 3.63) is 90.2 Å². The number of benzene rings is 1. The largest absolute Gasteiger partial charge is 0.252 e. The molecule has 0 aliphatic rings. The van der Waals surface area contributed by atoms with Crippen LogP contribution in [-0.4, -0.2) is 24.7 Å². The molecular formula is C25H26FN5. The molecule has 0 bridgehead atoms. The fourth-order valence-corrected chi connectivity index (χ4v) is 3.42. The topological polar surface area (TPSA) is 56.5 Å². The quantitative estimate of drug-likeness (QED) is 0.414. The summed E-state index contributed by atoms with van der Waals surface area (Å²) < 4.78 is 15.5. The Hall–Kier alpha value is -3.41. The molecule has 4 rings (SSSR count). The molecule has 0 saturated heterocycles.